The Morgan fingerprint density at radius 1 is 1.10 bits per heavy atom. The summed E-state index contributed by atoms with van der Waals surface area (Å²) in [6.07, 6.45) is -2.18. The average molecular weight is 435 g/mol. The number of alkyl halides is 3. The van der Waals surface area contributed by atoms with E-state index in [0.29, 0.717) is 18.4 Å². The summed E-state index contributed by atoms with van der Waals surface area (Å²) in [4.78, 5) is 4.26. The summed E-state index contributed by atoms with van der Waals surface area (Å²) in [5.41, 5.74) is 2.09. The molecule has 1 heterocycles. The summed E-state index contributed by atoms with van der Waals surface area (Å²) in [6.45, 7) is 0.688. The Kier molecular flexibility index (Phi) is 8.17. The van der Waals surface area contributed by atoms with Crippen LogP contribution in [0.4, 0.5) is 13.2 Å². The van der Waals surface area contributed by atoms with Gasteiger partial charge in [-0.05, 0) is 36.1 Å². The lowest BCUT2D eigenvalue weighted by Gasteiger charge is -2.32. The van der Waals surface area contributed by atoms with Gasteiger partial charge >= 0.3 is 6.18 Å². The van der Waals surface area contributed by atoms with Gasteiger partial charge in [0.15, 0.2) is 12.6 Å². The highest BCUT2D eigenvalue weighted by molar-refractivity contribution is 5.79. The van der Waals surface area contributed by atoms with Gasteiger partial charge in [0.2, 0.25) is 0 Å². The van der Waals surface area contributed by atoms with Gasteiger partial charge in [0.1, 0.15) is 5.75 Å². The van der Waals surface area contributed by atoms with Crippen LogP contribution in [0.15, 0.2) is 59.6 Å². The smallest absolute Gasteiger partial charge is 0.422 e. The van der Waals surface area contributed by atoms with Crippen molar-refractivity contribution < 1.29 is 22.6 Å². The Bertz CT molecular complexity index is 826. The third kappa shape index (κ3) is 7.47. The van der Waals surface area contributed by atoms with Gasteiger partial charge in [-0.3, -0.25) is 4.99 Å². The van der Waals surface area contributed by atoms with E-state index in [1.54, 1.807) is 19.2 Å². The lowest BCUT2D eigenvalue weighted by Crippen LogP contribution is -2.41. The summed E-state index contributed by atoms with van der Waals surface area (Å²) < 4.78 is 47.5. The van der Waals surface area contributed by atoms with Crippen molar-refractivity contribution in [2.24, 2.45) is 10.9 Å². The highest BCUT2D eigenvalue weighted by Crippen LogP contribution is 2.33. The largest absolute Gasteiger partial charge is 0.484 e. The maximum absolute atomic E-state index is 12.2. The van der Waals surface area contributed by atoms with Gasteiger partial charge in [-0.25, -0.2) is 0 Å². The topological polar surface area (TPSA) is 54.9 Å². The van der Waals surface area contributed by atoms with Crippen LogP contribution in [0.25, 0.3) is 0 Å². The second-order valence-electron chi connectivity index (χ2n) is 7.46. The molecule has 0 amide bonds. The minimum atomic E-state index is -4.35. The standard InChI is InChI=1S/C23H28F3N3O2/c1-27-22(28-14-17-9-11-20(12-10-17)31-16-23(24,25)26)29-15-19-8-5-13-30-21(19)18-6-3-2-4-7-18/h2-4,6-7,9-12,19,21H,5,8,13-16H2,1H3,(H2,27,28,29). The van der Waals surface area contributed by atoms with Gasteiger partial charge in [-0.15, -0.1) is 0 Å². The van der Waals surface area contributed by atoms with Crippen molar-refractivity contribution in [3.63, 3.8) is 0 Å². The molecule has 8 heteroatoms. The predicted octanol–water partition coefficient (Wildman–Crippen LogP) is 4.46. The molecule has 168 valence electrons. The van der Waals surface area contributed by atoms with Crippen LogP contribution in [0.5, 0.6) is 5.75 Å². The fourth-order valence-corrected chi connectivity index (χ4v) is 3.57. The van der Waals surface area contributed by atoms with Crippen LogP contribution in [0.3, 0.4) is 0 Å². The van der Waals surface area contributed by atoms with E-state index in [2.05, 4.69) is 27.8 Å². The van der Waals surface area contributed by atoms with Crippen molar-refractivity contribution in [1.29, 1.82) is 0 Å². The zero-order valence-electron chi connectivity index (χ0n) is 17.5. The van der Waals surface area contributed by atoms with Gasteiger partial charge in [-0.1, -0.05) is 42.5 Å². The normalized spacial score (nSPS) is 19.7. The van der Waals surface area contributed by atoms with Crippen molar-refractivity contribution in [3.8, 4) is 5.75 Å². The molecule has 0 aliphatic carbocycles. The van der Waals surface area contributed by atoms with Gasteiger partial charge in [0.05, 0.1) is 6.10 Å². The molecule has 2 atom stereocenters. The van der Waals surface area contributed by atoms with Gasteiger partial charge in [-0.2, -0.15) is 13.2 Å². The summed E-state index contributed by atoms with van der Waals surface area (Å²) in [5.74, 6) is 1.18. The van der Waals surface area contributed by atoms with E-state index in [1.165, 1.54) is 17.7 Å². The van der Waals surface area contributed by atoms with E-state index in [1.807, 2.05) is 18.2 Å². The quantitative estimate of drug-likeness (QED) is 0.498. The van der Waals surface area contributed by atoms with Crippen LogP contribution in [0, 0.1) is 5.92 Å². The number of benzene rings is 2. The maximum Gasteiger partial charge on any atom is 0.422 e. The maximum atomic E-state index is 12.2. The van der Waals surface area contributed by atoms with E-state index in [0.717, 1.165) is 31.6 Å². The molecular formula is C23H28F3N3O2. The molecule has 2 unspecified atom stereocenters. The molecule has 1 saturated heterocycles. The minimum absolute atomic E-state index is 0.0600. The second-order valence-corrected chi connectivity index (χ2v) is 7.46. The highest BCUT2D eigenvalue weighted by Gasteiger charge is 2.28. The predicted molar refractivity (Wildman–Crippen MR) is 114 cm³/mol. The van der Waals surface area contributed by atoms with Gasteiger partial charge in [0.25, 0.3) is 0 Å². The number of nitrogens with zero attached hydrogens (tertiary/aromatic N) is 1. The third-order valence-electron chi connectivity index (χ3n) is 5.11. The SMILES string of the molecule is CN=C(NCc1ccc(OCC(F)(F)F)cc1)NCC1CCCOC1c1ccccc1. The summed E-state index contributed by atoms with van der Waals surface area (Å²) in [5, 5.41) is 6.60. The number of hydrogen-bond acceptors (Lipinski definition) is 3. The number of guanidine groups is 1. The molecular weight excluding hydrogens is 407 g/mol. The van der Waals surface area contributed by atoms with E-state index in [9.17, 15) is 13.2 Å². The van der Waals surface area contributed by atoms with Gasteiger partial charge in [0, 0.05) is 32.7 Å². The number of ether oxygens (including phenoxy) is 2. The number of aliphatic imine (C=N–C) groups is 1. The number of nitrogens with one attached hydrogen (secondary N) is 2. The lowest BCUT2D eigenvalue weighted by molar-refractivity contribution is -0.153. The van der Waals surface area contributed by atoms with Crippen LogP contribution in [-0.2, 0) is 11.3 Å². The van der Waals surface area contributed by atoms with E-state index < -0.39 is 12.8 Å². The first-order valence-electron chi connectivity index (χ1n) is 10.3. The Morgan fingerprint density at radius 3 is 2.52 bits per heavy atom. The van der Waals surface area contributed by atoms with Crippen molar-refractivity contribution >= 4 is 5.96 Å². The Morgan fingerprint density at radius 2 is 1.84 bits per heavy atom. The highest BCUT2D eigenvalue weighted by atomic mass is 19.4. The number of halogens is 3. The van der Waals surface area contributed by atoms with E-state index in [4.69, 9.17) is 9.47 Å². The summed E-state index contributed by atoms with van der Waals surface area (Å²) in [6, 6.07) is 16.8. The zero-order chi connectivity index (χ0) is 22.1. The molecule has 2 aromatic carbocycles. The van der Waals surface area contributed by atoms with Crippen LogP contribution < -0.4 is 15.4 Å². The lowest BCUT2D eigenvalue weighted by atomic mass is 9.89. The summed E-state index contributed by atoms with van der Waals surface area (Å²) >= 11 is 0. The fourth-order valence-electron chi connectivity index (χ4n) is 3.57. The first-order valence-corrected chi connectivity index (χ1v) is 10.3. The molecule has 1 fully saturated rings. The molecule has 0 saturated carbocycles. The molecule has 2 aromatic rings. The fraction of sp³-hybridized carbons (Fsp3) is 0.435. The van der Waals surface area contributed by atoms with Crippen LogP contribution in [0.2, 0.25) is 0 Å². The van der Waals surface area contributed by atoms with E-state index >= 15 is 0 Å². The van der Waals surface area contributed by atoms with E-state index in [-0.39, 0.29) is 11.9 Å². The van der Waals surface area contributed by atoms with Crippen molar-refractivity contribution in [2.45, 2.75) is 31.7 Å². The zero-order valence-corrected chi connectivity index (χ0v) is 17.5. The van der Waals surface area contributed by atoms with Gasteiger partial charge < -0.3 is 20.1 Å². The molecule has 1 aliphatic heterocycles. The van der Waals surface area contributed by atoms with Crippen LogP contribution in [-0.4, -0.2) is 38.9 Å². The molecule has 2 N–H and O–H groups in total. The van der Waals surface area contributed by atoms with Crippen molar-refractivity contribution in [1.82, 2.24) is 10.6 Å². The van der Waals surface area contributed by atoms with Crippen molar-refractivity contribution in [3.05, 3.63) is 65.7 Å². The summed E-state index contributed by atoms with van der Waals surface area (Å²) in [7, 11) is 1.70. The van der Waals surface area contributed by atoms with Crippen LogP contribution >= 0.6 is 0 Å². The minimum Gasteiger partial charge on any atom is -0.484 e. The Hall–Kier alpha value is -2.74. The first-order chi connectivity index (χ1) is 14.9. The molecule has 0 radical (unpaired) electrons. The molecule has 0 bridgehead atoms. The molecule has 1 aliphatic rings. The van der Waals surface area contributed by atoms with Crippen molar-refractivity contribution in [2.75, 3.05) is 26.8 Å². The Balaban J connectivity index is 1.48. The van der Waals surface area contributed by atoms with Crippen LogP contribution in [0.1, 0.15) is 30.1 Å². The Labute approximate surface area is 180 Å². The number of rotatable bonds is 7. The third-order valence-corrected chi connectivity index (χ3v) is 5.11. The average Bonchev–Trinajstić information content (AvgIpc) is 2.79. The molecule has 5 nitrogen and oxygen atoms in total. The molecule has 0 aromatic heterocycles. The first kappa shape index (κ1) is 22.9. The second kappa shape index (κ2) is 11.0. The monoisotopic (exact) mass is 435 g/mol. The molecule has 31 heavy (non-hydrogen) atoms. The number of hydrogen-bond donors (Lipinski definition) is 2. The molecule has 3 rings (SSSR count). The molecule has 0 spiro atoms.